The van der Waals surface area contributed by atoms with Crippen molar-refractivity contribution in [2.75, 3.05) is 32.8 Å². The largest absolute Gasteiger partial charge is 0.381 e. The highest BCUT2D eigenvalue weighted by Gasteiger charge is 2.09. The second-order valence-corrected chi connectivity index (χ2v) is 4.51. The molecule has 0 saturated heterocycles. The highest BCUT2D eigenvalue weighted by molar-refractivity contribution is 4.58. The summed E-state index contributed by atoms with van der Waals surface area (Å²) in [5.41, 5.74) is 5.62. The van der Waals surface area contributed by atoms with Crippen LogP contribution in [0.15, 0.2) is 0 Å². The fourth-order valence-electron chi connectivity index (χ4n) is 0.905. The first-order valence-corrected chi connectivity index (χ1v) is 5.05. The second kappa shape index (κ2) is 7.30. The Labute approximate surface area is 82.0 Å². The molecule has 0 bridgehead atoms. The molecule has 0 aliphatic rings. The number of hydrogen-bond acceptors (Lipinski definition) is 3. The van der Waals surface area contributed by atoms with Crippen molar-refractivity contribution >= 4 is 0 Å². The second-order valence-electron chi connectivity index (χ2n) is 4.51. The van der Waals surface area contributed by atoms with Crippen LogP contribution in [0.2, 0.25) is 0 Å². The smallest absolute Gasteiger partial charge is 0.0514 e. The highest BCUT2D eigenvalue weighted by atomic mass is 16.5. The standard InChI is InChI=1S/C10H24N2O/c1-10(2,3)9-13-8-4-6-12-7-5-11/h12H,4-9,11H2,1-3H3. The summed E-state index contributed by atoms with van der Waals surface area (Å²) < 4.78 is 5.51. The lowest BCUT2D eigenvalue weighted by Crippen LogP contribution is -2.24. The molecule has 0 atom stereocenters. The summed E-state index contributed by atoms with van der Waals surface area (Å²) in [7, 11) is 0. The van der Waals surface area contributed by atoms with E-state index in [0.29, 0.717) is 6.54 Å². The van der Waals surface area contributed by atoms with Gasteiger partial charge in [-0.15, -0.1) is 0 Å². The first kappa shape index (κ1) is 12.9. The predicted octanol–water partition coefficient (Wildman–Crippen LogP) is 0.987. The molecule has 0 amide bonds. The quantitative estimate of drug-likeness (QED) is 0.586. The van der Waals surface area contributed by atoms with Gasteiger partial charge in [-0.25, -0.2) is 0 Å². The fourth-order valence-corrected chi connectivity index (χ4v) is 0.905. The van der Waals surface area contributed by atoms with Gasteiger partial charge in [0.15, 0.2) is 0 Å². The molecule has 0 aliphatic heterocycles. The maximum atomic E-state index is 5.51. The molecule has 13 heavy (non-hydrogen) atoms. The topological polar surface area (TPSA) is 47.3 Å². The number of ether oxygens (including phenoxy) is 1. The average molecular weight is 188 g/mol. The molecule has 3 heteroatoms. The fraction of sp³-hybridized carbons (Fsp3) is 1.00. The molecule has 80 valence electrons. The Morgan fingerprint density at radius 3 is 2.46 bits per heavy atom. The van der Waals surface area contributed by atoms with Crippen molar-refractivity contribution in [3.8, 4) is 0 Å². The Morgan fingerprint density at radius 2 is 1.92 bits per heavy atom. The molecule has 0 fully saturated rings. The molecular formula is C10H24N2O. The van der Waals surface area contributed by atoms with Crippen molar-refractivity contribution in [1.82, 2.24) is 5.32 Å². The minimum absolute atomic E-state index is 0.282. The van der Waals surface area contributed by atoms with Crippen LogP contribution in [0.5, 0.6) is 0 Å². The van der Waals surface area contributed by atoms with Crippen LogP contribution in [-0.2, 0) is 4.74 Å². The van der Waals surface area contributed by atoms with Gasteiger partial charge in [0.2, 0.25) is 0 Å². The van der Waals surface area contributed by atoms with Gasteiger partial charge in [0.25, 0.3) is 0 Å². The average Bonchev–Trinajstić information content (AvgIpc) is 2.01. The van der Waals surface area contributed by atoms with Gasteiger partial charge in [0, 0.05) is 19.7 Å². The zero-order chi connectivity index (χ0) is 10.2. The van der Waals surface area contributed by atoms with Crippen LogP contribution in [0, 0.1) is 5.41 Å². The first-order chi connectivity index (χ1) is 6.06. The van der Waals surface area contributed by atoms with Crippen LogP contribution in [-0.4, -0.2) is 32.8 Å². The molecular weight excluding hydrogens is 164 g/mol. The van der Waals surface area contributed by atoms with E-state index in [2.05, 4.69) is 26.1 Å². The Hall–Kier alpha value is -0.120. The van der Waals surface area contributed by atoms with Gasteiger partial charge in [0.05, 0.1) is 6.61 Å². The lowest BCUT2D eigenvalue weighted by molar-refractivity contribution is 0.0698. The summed E-state index contributed by atoms with van der Waals surface area (Å²) in [6.45, 7) is 10.8. The van der Waals surface area contributed by atoms with Gasteiger partial charge < -0.3 is 15.8 Å². The maximum absolute atomic E-state index is 5.51. The number of nitrogens with one attached hydrogen (secondary N) is 1. The van der Waals surface area contributed by atoms with Gasteiger partial charge in [-0.3, -0.25) is 0 Å². The number of nitrogens with two attached hydrogens (primary N) is 1. The van der Waals surface area contributed by atoms with Gasteiger partial charge >= 0.3 is 0 Å². The monoisotopic (exact) mass is 188 g/mol. The molecule has 0 aromatic rings. The molecule has 3 nitrogen and oxygen atoms in total. The van der Waals surface area contributed by atoms with Crippen LogP contribution in [0.3, 0.4) is 0 Å². The molecule has 3 N–H and O–H groups in total. The Bertz CT molecular complexity index is 110. The lowest BCUT2D eigenvalue weighted by Gasteiger charge is -2.17. The Balaban J connectivity index is 3.00. The van der Waals surface area contributed by atoms with Crippen molar-refractivity contribution in [1.29, 1.82) is 0 Å². The molecule has 0 unspecified atom stereocenters. The molecule has 0 aromatic carbocycles. The number of hydrogen-bond donors (Lipinski definition) is 2. The van der Waals surface area contributed by atoms with Gasteiger partial charge in [0.1, 0.15) is 0 Å². The van der Waals surface area contributed by atoms with E-state index in [9.17, 15) is 0 Å². The zero-order valence-corrected chi connectivity index (χ0v) is 9.23. The highest BCUT2D eigenvalue weighted by Crippen LogP contribution is 2.12. The maximum Gasteiger partial charge on any atom is 0.0514 e. The normalized spacial score (nSPS) is 12.0. The Morgan fingerprint density at radius 1 is 1.23 bits per heavy atom. The number of rotatable bonds is 7. The first-order valence-electron chi connectivity index (χ1n) is 5.05. The minimum atomic E-state index is 0.282. The van der Waals surface area contributed by atoms with Crippen LogP contribution in [0.1, 0.15) is 27.2 Å². The summed E-state index contributed by atoms with van der Waals surface area (Å²) in [5.74, 6) is 0. The summed E-state index contributed by atoms with van der Waals surface area (Å²) in [6, 6.07) is 0. The van der Waals surface area contributed by atoms with Gasteiger partial charge in [-0.05, 0) is 18.4 Å². The van der Waals surface area contributed by atoms with Crippen LogP contribution in [0.4, 0.5) is 0 Å². The SMILES string of the molecule is CC(C)(C)COCCCNCCN. The van der Waals surface area contributed by atoms with E-state index in [-0.39, 0.29) is 5.41 Å². The summed E-state index contributed by atoms with van der Waals surface area (Å²) in [6.07, 6.45) is 1.07. The molecule has 0 aliphatic carbocycles. The van der Waals surface area contributed by atoms with Crippen molar-refractivity contribution in [3.05, 3.63) is 0 Å². The van der Waals surface area contributed by atoms with Crippen LogP contribution >= 0.6 is 0 Å². The van der Waals surface area contributed by atoms with Gasteiger partial charge in [-0.2, -0.15) is 0 Å². The van der Waals surface area contributed by atoms with Crippen molar-refractivity contribution in [3.63, 3.8) is 0 Å². The van der Waals surface area contributed by atoms with Crippen molar-refractivity contribution in [2.45, 2.75) is 27.2 Å². The van der Waals surface area contributed by atoms with E-state index in [1.54, 1.807) is 0 Å². The van der Waals surface area contributed by atoms with Crippen LogP contribution < -0.4 is 11.1 Å². The Kier molecular flexibility index (Phi) is 7.23. The molecule has 0 rings (SSSR count). The van der Waals surface area contributed by atoms with E-state index in [1.807, 2.05) is 0 Å². The summed E-state index contributed by atoms with van der Waals surface area (Å²) in [4.78, 5) is 0. The third-order valence-corrected chi connectivity index (χ3v) is 1.50. The van der Waals surface area contributed by atoms with Crippen molar-refractivity contribution < 1.29 is 4.74 Å². The third kappa shape index (κ3) is 11.9. The minimum Gasteiger partial charge on any atom is -0.381 e. The van der Waals surface area contributed by atoms with E-state index in [0.717, 1.165) is 32.7 Å². The lowest BCUT2D eigenvalue weighted by atomic mass is 9.99. The predicted molar refractivity (Wildman–Crippen MR) is 56.8 cm³/mol. The van der Waals surface area contributed by atoms with E-state index in [4.69, 9.17) is 10.5 Å². The van der Waals surface area contributed by atoms with Crippen molar-refractivity contribution in [2.24, 2.45) is 11.1 Å². The van der Waals surface area contributed by atoms with E-state index < -0.39 is 0 Å². The summed E-state index contributed by atoms with van der Waals surface area (Å²) in [5, 5.41) is 3.23. The molecule has 0 aromatic heterocycles. The molecule has 0 radical (unpaired) electrons. The van der Waals surface area contributed by atoms with Gasteiger partial charge in [-0.1, -0.05) is 20.8 Å². The van der Waals surface area contributed by atoms with Crippen LogP contribution in [0.25, 0.3) is 0 Å². The molecule has 0 saturated carbocycles. The van der Waals surface area contributed by atoms with E-state index >= 15 is 0 Å². The zero-order valence-electron chi connectivity index (χ0n) is 9.23. The molecule has 0 heterocycles. The summed E-state index contributed by atoms with van der Waals surface area (Å²) >= 11 is 0. The third-order valence-electron chi connectivity index (χ3n) is 1.50. The van der Waals surface area contributed by atoms with E-state index in [1.165, 1.54) is 0 Å². The molecule has 0 spiro atoms.